The fourth-order valence-electron chi connectivity index (χ4n) is 2.94. The smallest absolute Gasteiger partial charge is 0.114 e. The molecule has 1 fully saturated rings. The van der Waals surface area contributed by atoms with Crippen LogP contribution in [0.15, 0.2) is 12.2 Å². The fourth-order valence-corrected chi connectivity index (χ4v) is 2.94. The summed E-state index contributed by atoms with van der Waals surface area (Å²) >= 11 is 0. The Kier molecular flexibility index (Phi) is 12.4. The first-order valence-corrected chi connectivity index (χ1v) is 9.55. The molecule has 0 unspecified atom stereocenters. The molecule has 24 heavy (non-hydrogen) atoms. The van der Waals surface area contributed by atoms with Gasteiger partial charge in [-0.3, -0.25) is 0 Å². The normalized spacial score (nSPS) is 25.6. The summed E-state index contributed by atoms with van der Waals surface area (Å²) in [5.41, 5.74) is 0. The molecule has 0 aromatic carbocycles. The van der Waals surface area contributed by atoms with Crippen LogP contribution < -0.4 is 0 Å². The summed E-state index contributed by atoms with van der Waals surface area (Å²) in [6, 6.07) is 0. The van der Waals surface area contributed by atoms with Crippen LogP contribution in [-0.2, 0) is 9.47 Å². The molecule has 0 aliphatic carbocycles. The van der Waals surface area contributed by atoms with Crippen molar-refractivity contribution in [2.45, 2.75) is 89.1 Å². The number of ether oxygens (including phenoxy) is 2. The van der Waals surface area contributed by atoms with Crippen LogP contribution in [0.5, 0.6) is 0 Å². The van der Waals surface area contributed by atoms with E-state index in [0.29, 0.717) is 6.61 Å². The van der Waals surface area contributed by atoms with E-state index in [0.717, 1.165) is 25.7 Å². The van der Waals surface area contributed by atoms with Gasteiger partial charge in [0, 0.05) is 6.61 Å². The van der Waals surface area contributed by atoms with Gasteiger partial charge in [-0.2, -0.15) is 0 Å². The van der Waals surface area contributed by atoms with E-state index in [1.807, 2.05) is 0 Å². The van der Waals surface area contributed by atoms with Crippen molar-refractivity contribution in [2.75, 3.05) is 19.8 Å². The van der Waals surface area contributed by atoms with Crippen LogP contribution in [0.3, 0.4) is 0 Å². The molecule has 5 heteroatoms. The molecule has 1 saturated heterocycles. The zero-order valence-electron chi connectivity index (χ0n) is 15.1. The lowest BCUT2D eigenvalue weighted by molar-refractivity contribution is -0.0937. The number of aliphatic hydroxyl groups excluding tert-OH is 3. The highest BCUT2D eigenvalue weighted by Crippen LogP contribution is 2.21. The third-order valence-electron chi connectivity index (χ3n) is 4.45. The van der Waals surface area contributed by atoms with Crippen molar-refractivity contribution in [1.82, 2.24) is 0 Å². The zero-order chi connectivity index (χ0) is 17.6. The zero-order valence-corrected chi connectivity index (χ0v) is 15.1. The van der Waals surface area contributed by atoms with E-state index in [2.05, 4.69) is 19.1 Å². The molecule has 1 aliphatic rings. The molecular weight excluding hydrogens is 308 g/mol. The van der Waals surface area contributed by atoms with E-state index in [9.17, 15) is 10.2 Å². The summed E-state index contributed by atoms with van der Waals surface area (Å²) in [5.74, 6) is 0. The third-order valence-corrected chi connectivity index (χ3v) is 4.45. The second-order valence-corrected chi connectivity index (χ2v) is 6.62. The first-order chi connectivity index (χ1) is 11.7. The van der Waals surface area contributed by atoms with Gasteiger partial charge >= 0.3 is 0 Å². The quantitative estimate of drug-likeness (QED) is 0.333. The predicted molar refractivity (Wildman–Crippen MR) is 94.9 cm³/mol. The first-order valence-electron chi connectivity index (χ1n) is 9.55. The van der Waals surface area contributed by atoms with Crippen LogP contribution >= 0.6 is 0 Å². The SMILES string of the molecule is CCCCCC/C=C/CCCCCO[C@@H]1[C@H]([C@@H](O)CO)OC[C@H]1O. The number of rotatable bonds is 14. The van der Waals surface area contributed by atoms with Gasteiger partial charge in [0.1, 0.15) is 24.4 Å². The molecule has 5 nitrogen and oxygen atoms in total. The van der Waals surface area contributed by atoms with Crippen molar-refractivity contribution in [3.8, 4) is 0 Å². The molecule has 1 rings (SSSR count). The molecule has 0 radical (unpaired) electrons. The van der Waals surface area contributed by atoms with E-state index < -0.39 is 24.4 Å². The van der Waals surface area contributed by atoms with Crippen molar-refractivity contribution in [3.05, 3.63) is 12.2 Å². The van der Waals surface area contributed by atoms with Gasteiger partial charge in [0.15, 0.2) is 0 Å². The molecule has 1 aliphatic heterocycles. The molecule has 142 valence electrons. The molecule has 0 saturated carbocycles. The summed E-state index contributed by atoms with van der Waals surface area (Å²) < 4.78 is 11.0. The maximum atomic E-state index is 9.83. The lowest BCUT2D eigenvalue weighted by Crippen LogP contribution is -2.42. The minimum Gasteiger partial charge on any atom is -0.394 e. The average Bonchev–Trinajstić information content (AvgIpc) is 2.96. The maximum absolute atomic E-state index is 9.83. The molecule has 3 N–H and O–H groups in total. The van der Waals surface area contributed by atoms with Crippen molar-refractivity contribution in [1.29, 1.82) is 0 Å². The van der Waals surface area contributed by atoms with Gasteiger partial charge in [0.05, 0.1) is 13.2 Å². The lowest BCUT2D eigenvalue weighted by Gasteiger charge is -2.23. The van der Waals surface area contributed by atoms with Gasteiger partial charge in [0.25, 0.3) is 0 Å². The van der Waals surface area contributed by atoms with Crippen molar-refractivity contribution >= 4 is 0 Å². The summed E-state index contributed by atoms with van der Waals surface area (Å²) in [4.78, 5) is 0. The molecule has 0 aromatic rings. The van der Waals surface area contributed by atoms with E-state index in [4.69, 9.17) is 14.6 Å². The Morgan fingerprint density at radius 3 is 2.38 bits per heavy atom. The highest BCUT2D eigenvalue weighted by atomic mass is 16.6. The Labute approximate surface area is 146 Å². The molecule has 0 bridgehead atoms. The lowest BCUT2D eigenvalue weighted by atomic mass is 10.1. The predicted octanol–water partition coefficient (Wildman–Crippen LogP) is 2.57. The Balaban J connectivity index is 2.00. The van der Waals surface area contributed by atoms with Crippen LogP contribution in [0.4, 0.5) is 0 Å². The topological polar surface area (TPSA) is 79.2 Å². The van der Waals surface area contributed by atoms with Crippen molar-refractivity contribution < 1.29 is 24.8 Å². The van der Waals surface area contributed by atoms with Crippen LogP contribution in [0.1, 0.15) is 64.7 Å². The minimum absolute atomic E-state index is 0.148. The maximum Gasteiger partial charge on any atom is 0.114 e. The summed E-state index contributed by atoms with van der Waals surface area (Å²) in [5, 5.41) is 28.5. The molecule has 0 aromatic heterocycles. The van der Waals surface area contributed by atoms with E-state index in [1.165, 1.54) is 32.1 Å². The van der Waals surface area contributed by atoms with Crippen LogP contribution in [-0.4, -0.2) is 59.6 Å². The van der Waals surface area contributed by atoms with Crippen molar-refractivity contribution in [2.24, 2.45) is 0 Å². The minimum atomic E-state index is -1.00. The van der Waals surface area contributed by atoms with Crippen LogP contribution in [0.25, 0.3) is 0 Å². The summed E-state index contributed by atoms with van der Waals surface area (Å²) in [6.45, 7) is 2.53. The largest absolute Gasteiger partial charge is 0.394 e. The van der Waals surface area contributed by atoms with Gasteiger partial charge in [-0.15, -0.1) is 0 Å². The Morgan fingerprint density at radius 2 is 1.75 bits per heavy atom. The Bertz CT molecular complexity index is 321. The monoisotopic (exact) mass is 344 g/mol. The van der Waals surface area contributed by atoms with E-state index >= 15 is 0 Å². The molecule has 0 spiro atoms. The highest BCUT2D eigenvalue weighted by molar-refractivity contribution is 4.89. The average molecular weight is 344 g/mol. The molecule has 0 amide bonds. The summed E-state index contributed by atoms with van der Waals surface area (Å²) in [6.07, 6.45) is 12.3. The highest BCUT2D eigenvalue weighted by Gasteiger charge is 2.40. The van der Waals surface area contributed by atoms with Gasteiger partial charge in [0.2, 0.25) is 0 Å². The van der Waals surface area contributed by atoms with Gasteiger partial charge in [-0.25, -0.2) is 0 Å². The second kappa shape index (κ2) is 13.8. The molecule has 1 heterocycles. The first kappa shape index (κ1) is 21.6. The summed E-state index contributed by atoms with van der Waals surface area (Å²) in [7, 11) is 0. The van der Waals surface area contributed by atoms with Gasteiger partial charge in [-0.1, -0.05) is 44.8 Å². The number of unbranched alkanes of at least 4 members (excludes halogenated alkanes) is 7. The van der Waals surface area contributed by atoms with Crippen LogP contribution in [0, 0.1) is 0 Å². The van der Waals surface area contributed by atoms with Crippen molar-refractivity contribution in [3.63, 3.8) is 0 Å². The number of hydrogen-bond donors (Lipinski definition) is 3. The number of allylic oxidation sites excluding steroid dienone is 2. The van der Waals surface area contributed by atoms with Gasteiger partial charge in [-0.05, 0) is 32.1 Å². The van der Waals surface area contributed by atoms with E-state index in [1.54, 1.807) is 0 Å². The van der Waals surface area contributed by atoms with Crippen LogP contribution in [0.2, 0.25) is 0 Å². The number of hydrogen-bond acceptors (Lipinski definition) is 5. The standard InChI is InChI=1S/C19H36O5/c1-2-3-4-5-6-7-8-9-10-11-12-13-23-19-17(22)15-24-18(19)16(21)14-20/h7-8,16-22H,2-6,9-15H2,1H3/b8-7+/t16-,17+,18-,19-/m0/s1. The molecule has 4 atom stereocenters. The Morgan fingerprint density at radius 1 is 1.08 bits per heavy atom. The molecular formula is C19H36O5. The number of aliphatic hydroxyl groups is 3. The third kappa shape index (κ3) is 8.58. The Hall–Kier alpha value is -0.460. The van der Waals surface area contributed by atoms with Gasteiger partial charge < -0.3 is 24.8 Å². The second-order valence-electron chi connectivity index (χ2n) is 6.62. The fraction of sp³-hybridized carbons (Fsp3) is 0.895. The van der Waals surface area contributed by atoms with E-state index in [-0.39, 0.29) is 13.2 Å².